The molecule has 0 saturated carbocycles. The number of rotatable bonds is 26. The zero-order valence-electron chi connectivity index (χ0n) is 39.2. The molecule has 0 aliphatic rings. The summed E-state index contributed by atoms with van der Waals surface area (Å²) in [6.07, 6.45) is 2.90. The molecule has 0 aromatic carbocycles. The second-order valence-corrected chi connectivity index (χ2v) is 15.7. The number of carbonyl (C=O) groups excluding carboxylic acids is 11. The third-order valence-electron chi connectivity index (χ3n) is 10.8. The fraction of sp³-hybridized carbons (Fsp3) is 0.683. The van der Waals surface area contributed by atoms with E-state index in [4.69, 9.17) is 0 Å². The van der Waals surface area contributed by atoms with E-state index in [0.29, 0.717) is 6.42 Å². The topological polar surface area (TPSA) is 301 Å². The molecule has 22 nitrogen and oxygen atoms in total. The van der Waals surface area contributed by atoms with Crippen molar-refractivity contribution >= 4 is 65.7 Å². The van der Waals surface area contributed by atoms with Crippen LogP contribution in [0.25, 0.3) is 0 Å². The van der Waals surface area contributed by atoms with Crippen LogP contribution >= 0.6 is 0 Å². The van der Waals surface area contributed by atoms with Gasteiger partial charge in [-0.05, 0) is 74.7 Å². The molecule has 1 radical (unpaired) electrons. The number of allylic oxidation sites excluding steroid dienone is 2. The fourth-order valence-corrected chi connectivity index (χ4v) is 6.03. The van der Waals surface area contributed by atoms with Crippen molar-refractivity contribution in [2.75, 3.05) is 28.2 Å². The molecule has 9 amide bonds. The molecule has 0 fully saturated rings. The maximum atomic E-state index is 13.9. The number of hydrogen-bond donors (Lipinski definition) is 7. The quantitative estimate of drug-likeness (QED) is 0.0195. The normalized spacial score (nSPS) is 16.6. The van der Waals surface area contributed by atoms with E-state index in [-0.39, 0.29) is 32.7 Å². The van der Waals surface area contributed by atoms with Crippen molar-refractivity contribution in [1.82, 2.24) is 46.2 Å². The molecule has 0 bridgehead atoms. The molecule has 0 aliphatic carbocycles. The Morgan fingerprint density at radius 2 is 0.984 bits per heavy atom. The molecule has 359 valence electrons. The Hall–Kier alpha value is -4.67. The van der Waals surface area contributed by atoms with Gasteiger partial charge in [-0.2, -0.15) is 6.41 Å². The van der Waals surface area contributed by atoms with Crippen molar-refractivity contribution in [2.24, 2.45) is 5.92 Å². The third kappa shape index (κ3) is 17.7. The number of likely N-dealkylation sites (N-methyl/N-ethyl adjacent to an activating group) is 4. The first-order chi connectivity index (χ1) is 29.1. The molecule has 12 unspecified atom stereocenters. The SMILES string of the molecule is CC=CCC(C)C(O)C(C(=O)NC(C(=O)C[C-]=O)C(C)O)N(C)C(=O)C(C)N(C)C(=O)C(C)NC(=O)C(C)N(C)C(=O)C(C)NC(=O)C(C)NC(=O)C(C)N(C)C(=O)C(C)N[C-]=O.[Y]. The standard InChI is InChI=1S/C41H67N9O13.Y/c1-15-16-17-21(2)33(55)32(37(59)46-31(29(10)53)30(54)18-19-51)50(14)41(63)28(9)49(13)40(62)25(6)45-36(58)27(8)48(12)39(61)24(5)44-34(56)22(3)43-35(57)26(7)47(11)38(60)23(4)42-20-52;/h15-16,21-29,31-33,53,55H,17-18H2,1-14H3,(H,42,52)(H,43,57)(H,44,56)(H,45,58)(H,46,59);/q-2;. The molecule has 64 heavy (non-hydrogen) atoms. The number of Topliss-reactive ketones (excluding diaryl/α,β-unsaturated/α-hetero) is 1. The third-order valence-corrected chi connectivity index (χ3v) is 10.8. The van der Waals surface area contributed by atoms with E-state index in [0.717, 1.165) is 19.6 Å². The first-order valence-electron chi connectivity index (χ1n) is 20.4. The summed E-state index contributed by atoms with van der Waals surface area (Å²) >= 11 is 0. The zero-order valence-corrected chi connectivity index (χ0v) is 42.1. The van der Waals surface area contributed by atoms with Crippen molar-refractivity contribution in [3.8, 4) is 0 Å². The molecule has 12 atom stereocenters. The zero-order chi connectivity index (χ0) is 49.2. The minimum atomic E-state index is -1.63. The van der Waals surface area contributed by atoms with Crippen molar-refractivity contribution in [3.05, 3.63) is 12.2 Å². The van der Waals surface area contributed by atoms with Crippen LogP contribution in [0.2, 0.25) is 0 Å². The molecule has 0 heterocycles. The van der Waals surface area contributed by atoms with Crippen molar-refractivity contribution in [3.63, 3.8) is 0 Å². The minimum Gasteiger partial charge on any atom is -0.541 e. The Morgan fingerprint density at radius 3 is 1.41 bits per heavy atom. The summed E-state index contributed by atoms with van der Waals surface area (Å²) in [4.78, 5) is 144. The maximum absolute atomic E-state index is 13.9. The van der Waals surface area contributed by atoms with Gasteiger partial charge < -0.3 is 66.0 Å². The number of nitrogens with zero attached hydrogens (tertiary/aromatic N) is 4. The summed E-state index contributed by atoms with van der Waals surface area (Å²) in [5.74, 6) is -7.54. The van der Waals surface area contributed by atoms with Crippen LogP contribution < -0.4 is 26.6 Å². The average Bonchev–Trinajstić information content (AvgIpc) is 3.24. The number of aliphatic hydroxyl groups excluding tert-OH is 2. The van der Waals surface area contributed by atoms with Crippen LogP contribution in [0.1, 0.15) is 82.1 Å². The Balaban J connectivity index is 0. The van der Waals surface area contributed by atoms with E-state index in [2.05, 4.69) is 26.6 Å². The van der Waals surface area contributed by atoms with Gasteiger partial charge in [0.05, 0.1) is 18.2 Å². The fourth-order valence-electron chi connectivity index (χ4n) is 6.03. The number of aliphatic hydroxyl groups is 2. The molecule has 0 aromatic rings. The summed E-state index contributed by atoms with van der Waals surface area (Å²) in [5.41, 5.74) is 0. The van der Waals surface area contributed by atoms with Crippen molar-refractivity contribution in [2.45, 2.75) is 149 Å². The molecule has 0 saturated heterocycles. The summed E-state index contributed by atoms with van der Waals surface area (Å²) in [7, 11) is 5.13. The largest absolute Gasteiger partial charge is 0.541 e. The summed E-state index contributed by atoms with van der Waals surface area (Å²) < 4.78 is 0. The number of hydrogen-bond acceptors (Lipinski definition) is 13. The second kappa shape index (κ2) is 29.0. The molecular weight excluding hydrogens is 915 g/mol. The smallest absolute Gasteiger partial charge is 0.246 e. The summed E-state index contributed by atoms with van der Waals surface area (Å²) in [5, 5.41) is 33.4. The molecule has 0 aromatic heterocycles. The van der Waals surface area contributed by atoms with E-state index < -0.39 is 132 Å². The Labute approximate surface area is 400 Å². The molecule has 0 aliphatic heterocycles. The molecule has 23 heteroatoms. The molecule has 7 N–H and O–H groups in total. The minimum absolute atomic E-state index is 0. The summed E-state index contributed by atoms with van der Waals surface area (Å²) in [6.45, 7) is 14.2. The Morgan fingerprint density at radius 1 is 0.562 bits per heavy atom. The van der Waals surface area contributed by atoms with Crippen LogP contribution in [-0.4, -0.2) is 190 Å². The predicted molar refractivity (Wildman–Crippen MR) is 228 cm³/mol. The van der Waals surface area contributed by atoms with Gasteiger partial charge in [-0.1, -0.05) is 25.5 Å². The molecule has 0 rings (SSSR count). The van der Waals surface area contributed by atoms with Gasteiger partial charge >= 0.3 is 0 Å². The molecular formula is C41H67N9O13Y-2. The van der Waals surface area contributed by atoms with E-state index >= 15 is 0 Å². The van der Waals surface area contributed by atoms with Gasteiger partial charge in [0.2, 0.25) is 47.3 Å². The predicted octanol–water partition coefficient (Wildman–Crippen LogP) is -3.19. The van der Waals surface area contributed by atoms with Gasteiger partial charge in [0.15, 0.2) is 0 Å². The van der Waals surface area contributed by atoms with Gasteiger partial charge in [0, 0.05) is 60.9 Å². The van der Waals surface area contributed by atoms with E-state index in [1.165, 1.54) is 96.3 Å². The van der Waals surface area contributed by atoms with Gasteiger partial charge in [-0.3, -0.25) is 49.4 Å². The van der Waals surface area contributed by atoms with E-state index in [1.807, 2.05) is 0 Å². The Bertz CT molecular complexity index is 1700. The van der Waals surface area contributed by atoms with Gasteiger partial charge in [0.25, 0.3) is 0 Å². The maximum Gasteiger partial charge on any atom is 0.246 e. The van der Waals surface area contributed by atoms with Gasteiger partial charge in [0.1, 0.15) is 54.1 Å². The van der Waals surface area contributed by atoms with Crippen LogP contribution in [0.15, 0.2) is 12.2 Å². The van der Waals surface area contributed by atoms with Crippen LogP contribution in [0.5, 0.6) is 0 Å². The monoisotopic (exact) mass is 982 g/mol. The van der Waals surface area contributed by atoms with E-state index in [9.17, 15) is 63.0 Å². The van der Waals surface area contributed by atoms with Gasteiger partial charge in [-0.15, -0.1) is 0 Å². The van der Waals surface area contributed by atoms with Crippen molar-refractivity contribution in [1.29, 1.82) is 0 Å². The van der Waals surface area contributed by atoms with Gasteiger partial charge in [-0.25, -0.2) is 0 Å². The first-order valence-corrected chi connectivity index (χ1v) is 20.4. The van der Waals surface area contributed by atoms with Crippen LogP contribution in [0.4, 0.5) is 0 Å². The molecule has 0 spiro atoms. The van der Waals surface area contributed by atoms with Crippen molar-refractivity contribution < 1.29 is 95.7 Å². The Kier molecular flexibility index (Phi) is 27.8. The van der Waals surface area contributed by atoms with Crippen LogP contribution in [0, 0.1) is 5.92 Å². The number of ketones is 1. The summed E-state index contributed by atoms with van der Waals surface area (Å²) in [6, 6.07) is -11.3. The van der Waals surface area contributed by atoms with Crippen LogP contribution in [0.3, 0.4) is 0 Å². The number of amides is 9. The first kappa shape index (κ1) is 61.4. The van der Waals surface area contributed by atoms with Crippen LogP contribution in [-0.2, 0) is 85.4 Å². The second-order valence-electron chi connectivity index (χ2n) is 15.7. The number of carbonyl (C=O) groups is 9. The number of nitrogens with one attached hydrogen (secondary N) is 5. The van der Waals surface area contributed by atoms with E-state index in [1.54, 1.807) is 26.0 Å². The average molecular weight is 983 g/mol.